The maximum absolute atomic E-state index is 12.3. The number of carbonyl (C=O) groups is 3. The third-order valence-corrected chi connectivity index (χ3v) is 4.44. The van der Waals surface area contributed by atoms with E-state index in [1.54, 1.807) is 19.1 Å². The molecule has 1 aliphatic heterocycles. The molecular weight excluding hydrogens is 376 g/mol. The number of ether oxygens (including phenoxy) is 1. The molecule has 0 bridgehead atoms. The highest BCUT2D eigenvalue weighted by Crippen LogP contribution is 2.32. The Morgan fingerprint density at radius 1 is 1.26 bits per heavy atom. The maximum Gasteiger partial charge on any atom is 0.345 e. The zero-order valence-corrected chi connectivity index (χ0v) is 14.8. The summed E-state index contributed by atoms with van der Waals surface area (Å²) in [4.78, 5) is 46.4. The highest BCUT2D eigenvalue weighted by atomic mass is 35.5. The first-order valence-electron chi connectivity index (χ1n) is 7.87. The Kier molecular flexibility index (Phi) is 4.91. The van der Waals surface area contributed by atoms with Crippen LogP contribution in [0.15, 0.2) is 36.4 Å². The van der Waals surface area contributed by atoms with Gasteiger partial charge in [0.25, 0.3) is 5.69 Å². The van der Waals surface area contributed by atoms with Gasteiger partial charge in [-0.15, -0.1) is 0 Å². The van der Waals surface area contributed by atoms with Crippen LogP contribution in [0.4, 0.5) is 11.4 Å². The second kappa shape index (κ2) is 7.16. The number of Topliss-reactive ketones (excluding diaryl/α,β-unsaturated/α-hetero) is 1. The number of nitrogens with zero attached hydrogens (tertiary/aromatic N) is 1. The lowest BCUT2D eigenvalue weighted by Crippen LogP contribution is -2.15. The molecule has 1 atom stereocenters. The Labute approximate surface area is 158 Å². The number of ketones is 1. The van der Waals surface area contributed by atoms with E-state index in [9.17, 15) is 24.5 Å². The summed E-state index contributed by atoms with van der Waals surface area (Å²) in [5.41, 5.74) is 0.786. The number of halogens is 1. The molecule has 9 heteroatoms. The molecule has 0 fully saturated rings. The second-order valence-electron chi connectivity index (χ2n) is 5.93. The van der Waals surface area contributed by atoms with E-state index < -0.39 is 29.0 Å². The minimum absolute atomic E-state index is 0.128. The van der Waals surface area contributed by atoms with Crippen molar-refractivity contribution in [3.05, 3.63) is 68.2 Å². The third-order valence-electron chi connectivity index (χ3n) is 4.20. The highest BCUT2D eigenvalue weighted by molar-refractivity contribution is 6.31. The molecule has 0 aromatic heterocycles. The van der Waals surface area contributed by atoms with Crippen LogP contribution < -0.4 is 5.32 Å². The van der Waals surface area contributed by atoms with Crippen molar-refractivity contribution in [2.75, 3.05) is 11.9 Å². The summed E-state index contributed by atoms with van der Waals surface area (Å²) in [7, 11) is 0. The lowest BCUT2D eigenvalue weighted by atomic mass is 9.99. The number of rotatable bonds is 5. The van der Waals surface area contributed by atoms with E-state index in [1.807, 2.05) is 0 Å². The molecule has 0 spiro atoms. The molecule has 27 heavy (non-hydrogen) atoms. The molecule has 2 aromatic rings. The smallest absolute Gasteiger partial charge is 0.345 e. The Hall–Kier alpha value is -3.26. The quantitative estimate of drug-likeness (QED) is 0.363. The molecule has 1 heterocycles. The van der Waals surface area contributed by atoms with Crippen molar-refractivity contribution in [1.29, 1.82) is 0 Å². The maximum atomic E-state index is 12.3. The first-order chi connectivity index (χ1) is 12.8. The number of benzene rings is 2. The summed E-state index contributed by atoms with van der Waals surface area (Å²) >= 11 is 5.77. The summed E-state index contributed by atoms with van der Waals surface area (Å²) < 4.78 is 4.92. The molecule has 0 unspecified atom stereocenters. The van der Waals surface area contributed by atoms with Crippen molar-refractivity contribution >= 4 is 40.6 Å². The normalized spacial score (nSPS) is 15.0. The van der Waals surface area contributed by atoms with Crippen LogP contribution in [0.25, 0.3) is 0 Å². The van der Waals surface area contributed by atoms with E-state index in [-0.39, 0.29) is 28.0 Å². The topological polar surface area (TPSA) is 116 Å². The van der Waals surface area contributed by atoms with Crippen molar-refractivity contribution in [2.45, 2.75) is 12.8 Å². The van der Waals surface area contributed by atoms with E-state index >= 15 is 0 Å². The molecule has 1 amide bonds. The Balaban J connectivity index is 1.74. The van der Waals surface area contributed by atoms with Crippen LogP contribution in [0.3, 0.4) is 0 Å². The van der Waals surface area contributed by atoms with Gasteiger partial charge in [-0.2, -0.15) is 0 Å². The molecule has 0 aliphatic carbocycles. The van der Waals surface area contributed by atoms with Crippen LogP contribution in [-0.4, -0.2) is 29.2 Å². The first kappa shape index (κ1) is 18.5. The van der Waals surface area contributed by atoms with Crippen LogP contribution in [0, 0.1) is 10.1 Å². The van der Waals surface area contributed by atoms with Gasteiger partial charge in [0.05, 0.1) is 10.8 Å². The van der Waals surface area contributed by atoms with Crippen molar-refractivity contribution in [1.82, 2.24) is 0 Å². The monoisotopic (exact) mass is 388 g/mol. The second-order valence-corrected chi connectivity index (χ2v) is 6.37. The highest BCUT2D eigenvalue weighted by Gasteiger charge is 2.28. The van der Waals surface area contributed by atoms with Gasteiger partial charge in [0, 0.05) is 22.3 Å². The Morgan fingerprint density at radius 3 is 2.70 bits per heavy atom. The number of nitro benzene ring substituents is 1. The number of nitro groups is 1. The van der Waals surface area contributed by atoms with Crippen molar-refractivity contribution in [3.63, 3.8) is 0 Å². The van der Waals surface area contributed by atoms with E-state index in [0.717, 1.165) is 12.1 Å². The number of nitrogens with one attached hydrogen (secondary N) is 1. The first-order valence-corrected chi connectivity index (χ1v) is 8.25. The SMILES string of the molecule is C[C@H]1C(=O)Nc2ccc(C(=O)COC(=O)c3cc(Cl)ccc3[N+](=O)[O-])cc21. The third kappa shape index (κ3) is 3.65. The van der Waals surface area contributed by atoms with Gasteiger partial charge >= 0.3 is 5.97 Å². The van der Waals surface area contributed by atoms with Gasteiger partial charge in [-0.25, -0.2) is 4.79 Å². The van der Waals surface area contributed by atoms with Crippen molar-refractivity contribution in [2.24, 2.45) is 0 Å². The van der Waals surface area contributed by atoms with Crippen LogP contribution >= 0.6 is 11.6 Å². The molecule has 8 nitrogen and oxygen atoms in total. The van der Waals surface area contributed by atoms with Gasteiger partial charge in [0.15, 0.2) is 12.4 Å². The minimum Gasteiger partial charge on any atom is -0.454 e. The lowest BCUT2D eigenvalue weighted by molar-refractivity contribution is -0.385. The van der Waals surface area contributed by atoms with E-state index in [2.05, 4.69) is 5.32 Å². The number of esters is 1. The lowest BCUT2D eigenvalue weighted by Gasteiger charge is -2.07. The average molecular weight is 389 g/mol. The predicted molar refractivity (Wildman–Crippen MR) is 96.2 cm³/mol. The van der Waals surface area contributed by atoms with Crippen molar-refractivity contribution < 1.29 is 24.0 Å². The standard InChI is InChI=1S/C18H13ClN2O6/c1-9-12-6-10(2-4-14(12)20-17(9)23)16(22)8-27-18(24)13-7-11(19)3-5-15(13)21(25)26/h2-7,9H,8H2,1H3,(H,20,23)/t9-/m1/s1. The summed E-state index contributed by atoms with van der Waals surface area (Å²) in [5.74, 6) is -2.06. The number of anilines is 1. The molecule has 1 N–H and O–H groups in total. The molecule has 138 valence electrons. The molecule has 2 aromatic carbocycles. The van der Waals surface area contributed by atoms with Crippen LogP contribution in [0.2, 0.25) is 5.02 Å². The number of carbonyl (C=O) groups excluding carboxylic acids is 3. The predicted octanol–water partition coefficient (Wildman–Crippen LogP) is 3.34. The fourth-order valence-corrected chi connectivity index (χ4v) is 2.89. The van der Waals surface area contributed by atoms with Gasteiger partial charge in [0.1, 0.15) is 5.56 Å². The fraction of sp³-hybridized carbons (Fsp3) is 0.167. The zero-order valence-electron chi connectivity index (χ0n) is 14.0. The molecule has 3 rings (SSSR count). The van der Waals surface area contributed by atoms with Crippen LogP contribution in [-0.2, 0) is 9.53 Å². The van der Waals surface area contributed by atoms with Crippen LogP contribution in [0.5, 0.6) is 0 Å². The summed E-state index contributed by atoms with van der Waals surface area (Å²) in [5, 5.41) is 13.8. The average Bonchev–Trinajstić information content (AvgIpc) is 2.92. The largest absolute Gasteiger partial charge is 0.454 e. The Morgan fingerprint density at radius 2 is 2.00 bits per heavy atom. The molecule has 1 aliphatic rings. The van der Waals surface area contributed by atoms with Gasteiger partial charge in [-0.1, -0.05) is 11.6 Å². The summed E-state index contributed by atoms with van der Waals surface area (Å²) in [6.45, 7) is 1.12. The minimum atomic E-state index is -1.02. The van der Waals surface area contributed by atoms with E-state index in [1.165, 1.54) is 12.1 Å². The molecule has 0 saturated carbocycles. The van der Waals surface area contributed by atoms with Gasteiger partial charge in [0.2, 0.25) is 5.91 Å². The number of hydrogen-bond acceptors (Lipinski definition) is 6. The molecular formula is C18H13ClN2O6. The fourth-order valence-electron chi connectivity index (χ4n) is 2.71. The van der Waals surface area contributed by atoms with Gasteiger partial charge < -0.3 is 10.1 Å². The van der Waals surface area contributed by atoms with E-state index in [4.69, 9.17) is 16.3 Å². The summed E-state index contributed by atoms with van der Waals surface area (Å²) in [6, 6.07) is 8.16. The molecule has 0 saturated heterocycles. The number of amides is 1. The van der Waals surface area contributed by atoms with E-state index in [0.29, 0.717) is 11.3 Å². The van der Waals surface area contributed by atoms with Crippen molar-refractivity contribution in [3.8, 4) is 0 Å². The molecule has 0 radical (unpaired) electrons. The zero-order chi connectivity index (χ0) is 19.7. The Bertz CT molecular complexity index is 988. The summed E-state index contributed by atoms with van der Waals surface area (Å²) in [6.07, 6.45) is 0. The van der Waals surface area contributed by atoms with Gasteiger partial charge in [-0.05, 0) is 42.8 Å². The number of hydrogen-bond donors (Lipinski definition) is 1. The number of fused-ring (bicyclic) bond motifs is 1. The van der Waals surface area contributed by atoms with Crippen LogP contribution in [0.1, 0.15) is 39.1 Å². The van der Waals surface area contributed by atoms with Gasteiger partial charge in [-0.3, -0.25) is 19.7 Å².